The minimum absolute atomic E-state index is 0.205. The van der Waals surface area contributed by atoms with Gasteiger partial charge in [-0.1, -0.05) is 19.1 Å². The van der Waals surface area contributed by atoms with Crippen LogP contribution >= 0.6 is 0 Å². The summed E-state index contributed by atoms with van der Waals surface area (Å²) in [6, 6.07) is 6.01. The second kappa shape index (κ2) is 6.52. The summed E-state index contributed by atoms with van der Waals surface area (Å²) in [5.41, 5.74) is 2.05. The summed E-state index contributed by atoms with van der Waals surface area (Å²) < 4.78 is 4.81. The molecule has 2 aromatic rings. The number of ether oxygens (including phenoxy) is 1. The monoisotopic (exact) mass is 287 g/mol. The van der Waals surface area contributed by atoms with E-state index in [2.05, 4.69) is 21.8 Å². The van der Waals surface area contributed by atoms with E-state index in [4.69, 9.17) is 4.74 Å². The molecule has 0 aliphatic carbocycles. The van der Waals surface area contributed by atoms with Gasteiger partial charge < -0.3 is 9.64 Å². The van der Waals surface area contributed by atoms with Gasteiger partial charge in [0.2, 0.25) is 0 Å². The van der Waals surface area contributed by atoms with E-state index in [1.165, 1.54) is 7.11 Å². The highest BCUT2D eigenvalue weighted by molar-refractivity contribution is 5.92. The first-order chi connectivity index (χ1) is 10.1. The molecule has 0 N–H and O–H groups in total. The Hall–Kier alpha value is -2.17. The molecule has 5 heteroatoms. The van der Waals surface area contributed by atoms with Crippen LogP contribution in [0.2, 0.25) is 0 Å². The number of nitrogens with zero attached hydrogens (tertiary/aromatic N) is 3. The molecule has 0 saturated carbocycles. The molecule has 21 heavy (non-hydrogen) atoms. The molecule has 0 fully saturated rings. The van der Waals surface area contributed by atoms with Gasteiger partial charge in [0.25, 0.3) is 0 Å². The summed E-state index contributed by atoms with van der Waals surface area (Å²) in [6.07, 6.45) is 1.57. The van der Waals surface area contributed by atoms with Crippen LogP contribution in [0.4, 0.5) is 5.82 Å². The van der Waals surface area contributed by atoms with Gasteiger partial charge in [-0.2, -0.15) is 0 Å². The second-order valence-corrected chi connectivity index (χ2v) is 5.13. The number of aromatic nitrogens is 2. The van der Waals surface area contributed by atoms with Gasteiger partial charge in [0.15, 0.2) is 0 Å². The minimum Gasteiger partial charge on any atom is -0.469 e. The molecule has 5 nitrogen and oxygen atoms in total. The van der Waals surface area contributed by atoms with Crippen molar-refractivity contribution in [2.75, 3.05) is 25.1 Å². The molecular formula is C16H21N3O2. The van der Waals surface area contributed by atoms with Gasteiger partial charge in [0.1, 0.15) is 12.1 Å². The maximum atomic E-state index is 11.6. The topological polar surface area (TPSA) is 55.3 Å². The molecule has 1 unspecified atom stereocenters. The van der Waals surface area contributed by atoms with Crippen molar-refractivity contribution < 1.29 is 9.53 Å². The summed E-state index contributed by atoms with van der Waals surface area (Å²) in [7, 11) is 1.42. The zero-order valence-electron chi connectivity index (χ0n) is 13.0. The Morgan fingerprint density at radius 3 is 2.81 bits per heavy atom. The van der Waals surface area contributed by atoms with Crippen LogP contribution in [-0.2, 0) is 9.53 Å². The van der Waals surface area contributed by atoms with Crippen LogP contribution in [0.15, 0.2) is 24.5 Å². The highest BCUT2D eigenvalue weighted by atomic mass is 16.5. The zero-order chi connectivity index (χ0) is 15.4. The third kappa shape index (κ3) is 3.12. The lowest BCUT2D eigenvalue weighted by molar-refractivity contribution is -0.144. The van der Waals surface area contributed by atoms with E-state index in [-0.39, 0.29) is 11.9 Å². The van der Waals surface area contributed by atoms with Crippen molar-refractivity contribution >= 4 is 22.7 Å². The summed E-state index contributed by atoms with van der Waals surface area (Å²) in [6.45, 7) is 7.30. The van der Waals surface area contributed by atoms with Crippen LogP contribution in [0, 0.1) is 12.8 Å². The van der Waals surface area contributed by atoms with Crippen LogP contribution in [0.1, 0.15) is 19.4 Å². The van der Waals surface area contributed by atoms with E-state index < -0.39 is 0 Å². The zero-order valence-corrected chi connectivity index (χ0v) is 13.0. The Morgan fingerprint density at radius 1 is 1.38 bits per heavy atom. The Morgan fingerprint density at radius 2 is 2.14 bits per heavy atom. The maximum absolute atomic E-state index is 11.6. The Balaban J connectivity index is 2.41. The molecule has 112 valence electrons. The predicted octanol–water partition coefficient (Wildman–Crippen LogP) is 2.57. The number of esters is 1. The van der Waals surface area contributed by atoms with Crippen LogP contribution in [-0.4, -0.2) is 36.1 Å². The van der Waals surface area contributed by atoms with Crippen LogP contribution < -0.4 is 4.90 Å². The van der Waals surface area contributed by atoms with Crippen molar-refractivity contribution in [2.24, 2.45) is 5.92 Å². The molecule has 2 rings (SSSR count). The predicted molar refractivity (Wildman–Crippen MR) is 83.3 cm³/mol. The maximum Gasteiger partial charge on any atom is 0.310 e. The molecule has 0 radical (unpaired) electrons. The fourth-order valence-corrected chi connectivity index (χ4v) is 2.47. The quantitative estimate of drug-likeness (QED) is 0.791. The molecule has 1 aromatic carbocycles. The molecule has 0 aliphatic rings. The van der Waals surface area contributed by atoms with Crippen LogP contribution in [0.5, 0.6) is 0 Å². The molecule has 1 atom stereocenters. The minimum atomic E-state index is -0.205. The third-order valence-corrected chi connectivity index (χ3v) is 3.63. The lowest BCUT2D eigenvalue weighted by Crippen LogP contribution is -2.33. The molecule has 0 bridgehead atoms. The number of hydrogen-bond donors (Lipinski definition) is 0. The Labute approximate surface area is 125 Å². The number of anilines is 1. The molecule has 1 heterocycles. The SMILES string of the molecule is CCN(CC(C)C(=O)OC)c1ncnc2cccc(C)c12. The van der Waals surface area contributed by atoms with E-state index in [0.717, 1.165) is 28.8 Å². The fourth-order valence-electron chi connectivity index (χ4n) is 2.47. The number of methoxy groups -OCH3 is 1. The molecule has 1 aromatic heterocycles. The van der Waals surface area contributed by atoms with Crippen molar-refractivity contribution in [2.45, 2.75) is 20.8 Å². The molecular weight excluding hydrogens is 266 g/mol. The summed E-state index contributed by atoms with van der Waals surface area (Å²) in [5, 5.41) is 1.04. The normalized spacial score (nSPS) is 12.2. The summed E-state index contributed by atoms with van der Waals surface area (Å²) in [4.78, 5) is 22.5. The molecule has 0 saturated heterocycles. The molecule has 0 aliphatic heterocycles. The number of carbonyl (C=O) groups is 1. The van der Waals surface area contributed by atoms with E-state index in [9.17, 15) is 4.79 Å². The van der Waals surface area contributed by atoms with E-state index >= 15 is 0 Å². The van der Waals surface area contributed by atoms with Crippen molar-refractivity contribution in [1.82, 2.24) is 9.97 Å². The van der Waals surface area contributed by atoms with Gasteiger partial charge in [-0.15, -0.1) is 0 Å². The van der Waals surface area contributed by atoms with Crippen molar-refractivity contribution in [3.05, 3.63) is 30.1 Å². The van der Waals surface area contributed by atoms with Gasteiger partial charge in [-0.25, -0.2) is 9.97 Å². The van der Waals surface area contributed by atoms with Crippen molar-refractivity contribution in [3.63, 3.8) is 0 Å². The summed E-state index contributed by atoms with van der Waals surface area (Å²) >= 11 is 0. The smallest absolute Gasteiger partial charge is 0.310 e. The standard InChI is InChI=1S/C16H21N3O2/c1-5-19(9-12(3)16(20)21-4)15-14-11(2)7-6-8-13(14)17-10-18-15/h6-8,10,12H,5,9H2,1-4H3. The van der Waals surface area contributed by atoms with E-state index in [1.807, 2.05) is 32.0 Å². The molecule has 0 amide bonds. The van der Waals surface area contributed by atoms with E-state index in [0.29, 0.717) is 6.54 Å². The van der Waals surface area contributed by atoms with Gasteiger partial charge in [0.05, 0.1) is 18.5 Å². The first-order valence-electron chi connectivity index (χ1n) is 7.11. The van der Waals surface area contributed by atoms with Crippen LogP contribution in [0.3, 0.4) is 0 Å². The number of benzene rings is 1. The number of hydrogen-bond acceptors (Lipinski definition) is 5. The Bertz CT molecular complexity index is 637. The highest BCUT2D eigenvalue weighted by Gasteiger charge is 2.19. The first-order valence-corrected chi connectivity index (χ1v) is 7.11. The number of carbonyl (C=O) groups excluding carboxylic acids is 1. The van der Waals surface area contributed by atoms with Gasteiger partial charge in [-0.3, -0.25) is 4.79 Å². The molecule has 0 spiro atoms. The highest BCUT2D eigenvalue weighted by Crippen LogP contribution is 2.26. The number of fused-ring (bicyclic) bond motifs is 1. The third-order valence-electron chi connectivity index (χ3n) is 3.63. The first kappa shape index (κ1) is 15.2. The number of rotatable bonds is 5. The average Bonchev–Trinajstić information content (AvgIpc) is 2.51. The van der Waals surface area contributed by atoms with Gasteiger partial charge in [-0.05, 0) is 25.5 Å². The summed E-state index contributed by atoms with van der Waals surface area (Å²) in [5.74, 6) is 0.462. The lowest BCUT2D eigenvalue weighted by Gasteiger charge is -2.25. The fraction of sp³-hybridized carbons (Fsp3) is 0.438. The Kier molecular flexibility index (Phi) is 4.73. The number of aryl methyl sites for hydroxylation is 1. The lowest BCUT2D eigenvalue weighted by atomic mass is 10.1. The second-order valence-electron chi connectivity index (χ2n) is 5.13. The average molecular weight is 287 g/mol. The van der Waals surface area contributed by atoms with Gasteiger partial charge >= 0.3 is 5.97 Å². The van der Waals surface area contributed by atoms with Gasteiger partial charge in [0, 0.05) is 18.5 Å². The van der Waals surface area contributed by atoms with Crippen molar-refractivity contribution in [3.8, 4) is 0 Å². The van der Waals surface area contributed by atoms with Crippen LogP contribution in [0.25, 0.3) is 10.9 Å². The van der Waals surface area contributed by atoms with Crippen molar-refractivity contribution in [1.29, 1.82) is 0 Å². The largest absolute Gasteiger partial charge is 0.469 e. The van der Waals surface area contributed by atoms with E-state index in [1.54, 1.807) is 6.33 Å².